The van der Waals surface area contributed by atoms with Crippen molar-refractivity contribution in [2.45, 2.75) is 19.5 Å². The molecule has 1 aliphatic heterocycles. The fourth-order valence-corrected chi connectivity index (χ4v) is 3.43. The predicted octanol–water partition coefficient (Wildman–Crippen LogP) is 3.91. The van der Waals surface area contributed by atoms with Gasteiger partial charge in [-0.3, -0.25) is 4.79 Å². The summed E-state index contributed by atoms with van der Waals surface area (Å²) in [5.41, 5.74) is 1.77. The van der Waals surface area contributed by atoms with Gasteiger partial charge in [-0.2, -0.15) is 13.2 Å². The maximum atomic E-state index is 12.9. The minimum Gasteiger partial charge on any atom is -0.496 e. The summed E-state index contributed by atoms with van der Waals surface area (Å²) >= 11 is 0. The molecule has 0 spiro atoms. The van der Waals surface area contributed by atoms with Crippen molar-refractivity contribution < 1.29 is 22.7 Å². The second-order valence-corrected chi connectivity index (χ2v) is 6.90. The number of anilines is 1. The summed E-state index contributed by atoms with van der Waals surface area (Å²) in [7, 11) is 1.61. The Balaban J connectivity index is 1.59. The zero-order valence-corrected chi connectivity index (χ0v) is 15.9. The van der Waals surface area contributed by atoms with Gasteiger partial charge in [0.2, 0.25) is 5.91 Å². The number of aryl methyl sites for hydroxylation is 1. The third kappa shape index (κ3) is 4.58. The van der Waals surface area contributed by atoms with E-state index in [4.69, 9.17) is 4.74 Å². The van der Waals surface area contributed by atoms with E-state index in [1.54, 1.807) is 18.1 Å². The molecule has 1 saturated heterocycles. The standard InChI is InChI=1S/C21H23F3N2O2/c1-15-12-16(6-7-19(15)28-2)13-20(27)26-10-8-25(9-11-26)18-5-3-4-17(14-18)21(22,23)24/h3-7,12,14H,8-11,13H2,1-2H3. The van der Waals surface area contributed by atoms with Crippen LogP contribution < -0.4 is 9.64 Å². The number of carbonyl (C=O) groups is 1. The maximum absolute atomic E-state index is 12.9. The number of halogens is 3. The number of benzene rings is 2. The molecule has 2 aromatic rings. The van der Waals surface area contributed by atoms with Crippen molar-refractivity contribution in [3.63, 3.8) is 0 Å². The van der Waals surface area contributed by atoms with Crippen LogP contribution in [0.25, 0.3) is 0 Å². The number of carbonyl (C=O) groups excluding carboxylic acids is 1. The van der Waals surface area contributed by atoms with Crippen LogP contribution in [-0.4, -0.2) is 44.1 Å². The second kappa shape index (κ2) is 8.12. The van der Waals surface area contributed by atoms with Crippen molar-refractivity contribution in [1.82, 2.24) is 4.90 Å². The molecule has 1 heterocycles. The molecule has 3 rings (SSSR count). The first-order chi connectivity index (χ1) is 13.3. The van der Waals surface area contributed by atoms with Crippen LogP contribution in [0.4, 0.5) is 18.9 Å². The molecule has 0 unspecified atom stereocenters. The van der Waals surface area contributed by atoms with Gasteiger partial charge in [0.15, 0.2) is 0 Å². The number of methoxy groups -OCH3 is 1. The van der Waals surface area contributed by atoms with Crippen molar-refractivity contribution in [3.8, 4) is 5.75 Å². The smallest absolute Gasteiger partial charge is 0.416 e. The minimum atomic E-state index is -4.36. The summed E-state index contributed by atoms with van der Waals surface area (Å²) in [4.78, 5) is 16.2. The van der Waals surface area contributed by atoms with Crippen LogP contribution in [0.5, 0.6) is 5.75 Å². The van der Waals surface area contributed by atoms with Gasteiger partial charge in [-0.25, -0.2) is 0 Å². The van der Waals surface area contributed by atoms with E-state index in [9.17, 15) is 18.0 Å². The van der Waals surface area contributed by atoms with E-state index in [0.717, 1.165) is 29.0 Å². The molecule has 0 radical (unpaired) electrons. The van der Waals surface area contributed by atoms with Crippen LogP contribution in [0.3, 0.4) is 0 Å². The SMILES string of the molecule is COc1ccc(CC(=O)N2CCN(c3cccc(C(F)(F)F)c3)CC2)cc1C. The Labute approximate surface area is 162 Å². The van der Waals surface area contributed by atoms with Gasteiger partial charge in [0, 0.05) is 31.9 Å². The second-order valence-electron chi connectivity index (χ2n) is 6.90. The number of hydrogen-bond donors (Lipinski definition) is 0. The Bertz CT molecular complexity index is 844. The van der Waals surface area contributed by atoms with Gasteiger partial charge in [-0.15, -0.1) is 0 Å². The largest absolute Gasteiger partial charge is 0.496 e. The first-order valence-electron chi connectivity index (χ1n) is 9.11. The third-order valence-corrected chi connectivity index (χ3v) is 4.99. The zero-order valence-electron chi connectivity index (χ0n) is 15.9. The van der Waals surface area contributed by atoms with Crippen molar-refractivity contribution in [3.05, 3.63) is 59.2 Å². The monoisotopic (exact) mass is 392 g/mol. The van der Waals surface area contributed by atoms with E-state index in [-0.39, 0.29) is 5.91 Å². The van der Waals surface area contributed by atoms with Gasteiger partial charge in [0.05, 0.1) is 19.1 Å². The maximum Gasteiger partial charge on any atom is 0.416 e. The molecular weight excluding hydrogens is 369 g/mol. The molecule has 1 amide bonds. The van der Waals surface area contributed by atoms with Gasteiger partial charge < -0.3 is 14.5 Å². The third-order valence-electron chi connectivity index (χ3n) is 4.99. The molecule has 0 atom stereocenters. The number of nitrogens with zero attached hydrogens (tertiary/aromatic N) is 2. The van der Waals surface area contributed by atoms with E-state index in [2.05, 4.69) is 0 Å². The van der Waals surface area contributed by atoms with Crippen LogP contribution in [0.2, 0.25) is 0 Å². The van der Waals surface area contributed by atoms with Crippen LogP contribution in [0.1, 0.15) is 16.7 Å². The van der Waals surface area contributed by atoms with Crippen LogP contribution in [0.15, 0.2) is 42.5 Å². The molecule has 28 heavy (non-hydrogen) atoms. The zero-order chi connectivity index (χ0) is 20.3. The van der Waals surface area contributed by atoms with E-state index >= 15 is 0 Å². The topological polar surface area (TPSA) is 32.8 Å². The highest BCUT2D eigenvalue weighted by Crippen LogP contribution is 2.32. The number of amides is 1. The highest BCUT2D eigenvalue weighted by Gasteiger charge is 2.31. The lowest BCUT2D eigenvalue weighted by atomic mass is 10.1. The highest BCUT2D eigenvalue weighted by molar-refractivity contribution is 5.79. The molecule has 1 aliphatic rings. The van der Waals surface area contributed by atoms with Crippen LogP contribution in [-0.2, 0) is 17.4 Å². The van der Waals surface area contributed by atoms with Crippen molar-refractivity contribution in [2.75, 3.05) is 38.2 Å². The molecule has 0 aromatic heterocycles. The molecule has 0 saturated carbocycles. The summed E-state index contributed by atoms with van der Waals surface area (Å²) in [5.74, 6) is 0.805. The first kappa shape index (κ1) is 20.0. The summed E-state index contributed by atoms with van der Waals surface area (Å²) in [5, 5.41) is 0. The highest BCUT2D eigenvalue weighted by atomic mass is 19.4. The lowest BCUT2D eigenvalue weighted by Crippen LogP contribution is -2.49. The number of rotatable bonds is 4. The minimum absolute atomic E-state index is 0.0215. The Morgan fingerprint density at radius 2 is 1.79 bits per heavy atom. The van der Waals surface area contributed by atoms with Crippen LogP contribution in [0, 0.1) is 6.92 Å². The van der Waals surface area contributed by atoms with Crippen LogP contribution >= 0.6 is 0 Å². The molecule has 0 bridgehead atoms. The molecule has 4 nitrogen and oxygen atoms in total. The van der Waals surface area contributed by atoms with Crippen molar-refractivity contribution >= 4 is 11.6 Å². The van der Waals surface area contributed by atoms with Gasteiger partial charge in [0.1, 0.15) is 5.75 Å². The van der Waals surface area contributed by atoms with Crippen molar-refractivity contribution in [2.24, 2.45) is 0 Å². The Kier molecular flexibility index (Phi) is 5.82. The first-order valence-corrected chi connectivity index (χ1v) is 9.11. The van der Waals surface area contributed by atoms with Gasteiger partial charge in [-0.1, -0.05) is 18.2 Å². The number of piperazine rings is 1. The number of hydrogen-bond acceptors (Lipinski definition) is 3. The average Bonchev–Trinajstić information content (AvgIpc) is 2.68. The fourth-order valence-electron chi connectivity index (χ4n) is 3.43. The number of ether oxygens (including phenoxy) is 1. The lowest BCUT2D eigenvalue weighted by Gasteiger charge is -2.36. The quantitative estimate of drug-likeness (QED) is 0.791. The van der Waals surface area contributed by atoms with E-state index in [0.29, 0.717) is 38.3 Å². The molecule has 0 aliphatic carbocycles. The van der Waals surface area contributed by atoms with E-state index in [1.807, 2.05) is 30.0 Å². The summed E-state index contributed by atoms with van der Waals surface area (Å²) in [6.07, 6.45) is -4.06. The lowest BCUT2D eigenvalue weighted by molar-refractivity contribution is -0.137. The van der Waals surface area contributed by atoms with Crippen molar-refractivity contribution in [1.29, 1.82) is 0 Å². The summed E-state index contributed by atoms with van der Waals surface area (Å²) in [6, 6.07) is 11.0. The summed E-state index contributed by atoms with van der Waals surface area (Å²) < 4.78 is 44.0. The Morgan fingerprint density at radius 3 is 2.39 bits per heavy atom. The van der Waals surface area contributed by atoms with Gasteiger partial charge >= 0.3 is 6.18 Å². The molecule has 7 heteroatoms. The fraction of sp³-hybridized carbons (Fsp3) is 0.381. The summed E-state index contributed by atoms with van der Waals surface area (Å²) in [6.45, 7) is 3.93. The van der Waals surface area contributed by atoms with E-state index < -0.39 is 11.7 Å². The Hall–Kier alpha value is -2.70. The molecule has 150 valence electrons. The Morgan fingerprint density at radius 1 is 1.07 bits per heavy atom. The van der Waals surface area contributed by atoms with E-state index in [1.165, 1.54) is 6.07 Å². The average molecular weight is 392 g/mol. The molecule has 0 N–H and O–H groups in total. The van der Waals surface area contributed by atoms with Gasteiger partial charge in [0.25, 0.3) is 0 Å². The normalized spacial score (nSPS) is 14.9. The number of alkyl halides is 3. The predicted molar refractivity (Wildman–Crippen MR) is 102 cm³/mol. The molecular formula is C21H23F3N2O2. The molecule has 1 fully saturated rings. The van der Waals surface area contributed by atoms with Gasteiger partial charge in [-0.05, 0) is 42.3 Å². The molecule has 2 aromatic carbocycles.